The second kappa shape index (κ2) is 16.8. The molecule has 322 valence electrons. The molecular weight excluding hydrogens is 752 g/mol. The van der Waals surface area contributed by atoms with Crippen molar-refractivity contribution in [1.29, 1.82) is 0 Å². The number of amides is 1. The standard InChI is InChI=1S/C48H71ClN2O7/c1-29(2)31-18-23-48(43(55)51-26-14-12-10-11-13-15-40(53)58-42(54)32-27-34(49)35(50)28-36(32)56-9)25-24-46(7)33(41(31)48)16-17-38-45(6)21-20-39(57-30(3)52)44(4,5)37(45)19-22-47(38,46)8/h27-28,31,33,37-39,41H,1,10-26,50H2,2-9H3,(H,51,55)/t31-,33+,37-,38?,39-,41+,45-,46+,47+,48-/m0/s1. The molecule has 58 heavy (non-hydrogen) atoms. The molecule has 5 saturated carbocycles. The zero-order valence-corrected chi connectivity index (χ0v) is 37.4. The van der Waals surface area contributed by atoms with Crippen LogP contribution in [0, 0.1) is 56.7 Å². The third-order valence-electron chi connectivity index (χ3n) is 17.4. The number of hydrogen-bond acceptors (Lipinski definition) is 8. The number of carbonyl (C=O) groups excluding carboxylic acids is 4. The summed E-state index contributed by atoms with van der Waals surface area (Å²) in [4.78, 5) is 51.6. The third kappa shape index (κ3) is 7.61. The highest BCUT2D eigenvalue weighted by molar-refractivity contribution is 6.33. The largest absolute Gasteiger partial charge is 0.496 e. The highest BCUT2D eigenvalue weighted by Crippen LogP contribution is 2.77. The van der Waals surface area contributed by atoms with Gasteiger partial charge in [-0.05, 0) is 136 Å². The molecule has 0 radical (unpaired) electrons. The van der Waals surface area contributed by atoms with E-state index in [1.807, 2.05) is 0 Å². The minimum Gasteiger partial charge on any atom is -0.496 e. The van der Waals surface area contributed by atoms with Gasteiger partial charge in [0.1, 0.15) is 17.4 Å². The molecule has 5 aliphatic rings. The van der Waals surface area contributed by atoms with E-state index in [-0.39, 0.29) is 73.5 Å². The Kier molecular flexibility index (Phi) is 12.9. The lowest BCUT2D eigenvalue weighted by Crippen LogP contribution is -2.67. The number of unbranched alkanes of at least 4 members (excludes halogenated alkanes) is 4. The number of halogens is 1. The lowest BCUT2D eigenvalue weighted by molar-refractivity contribution is -0.248. The summed E-state index contributed by atoms with van der Waals surface area (Å²) in [6.07, 6.45) is 15.1. The average molecular weight is 824 g/mol. The van der Waals surface area contributed by atoms with Gasteiger partial charge in [0.25, 0.3) is 0 Å². The molecule has 0 aromatic heterocycles. The summed E-state index contributed by atoms with van der Waals surface area (Å²) in [7, 11) is 1.40. The number of nitrogens with two attached hydrogens (primary N) is 1. The Morgan fingerprint density at radius 1 is 0.845 bits per heavy atom. The topological polar surface area (TPSA) is 134 Å². The lowest BCUT2D eigenvalue weighted by atomic mass is 9.32. The van der Waals surface area contributed by atoms with Gasteiger partial charge >= 0.3 is 17.9 Å². The molecule has 5 fully saturated rings. The Hall–Kier alpha value is -3.07. The maximum atomic E-state index is 14.5. The van der Waals surface area contributed by atoms with Gasteiger partial charge in [0.15, 0.2) is 0 Å². The molecule has 1 aromatic rings. The van der Waals surface area contributed by atoms with Crippen LogP contribution in [0.4, 0.5) is 5.69 Å². The Morgan fingerprint density at radius 3 is 2.24 bits per heavy atom. The van der Waals surface area contributed by atoms with Gasteiger partial charge in [0.05, 0.1) is 23.2 Å². The van der Waals surface area contributed by atoms with Gasteiger partial charge in [0, 0.05) is 31.4 Å². The molecular formula is C48H71ClN2O7. The van der Waals surface area contributed by atoms with Crippen molar-refractivity contribution in [2.75, 3.05) is 19.4 Å². The van der Waals surface area contributed by atoms with Crippen molar-refractivity contribution in [1.82, 2.24) is 5.32 Å². The van der Waals surface area contributed by atoms with Crippen LogP contribution in [0.3, 0.4) is 0 Å². The molecule has 10 atom stereocenters. The molecule has 9 nitrogen and oxygen atoms in total. The smallest absolute Gasteiger partial charge is 0.349 e. The fourth-order valence-corrected chi connectivity index (χ4v) is 14.5. The zero-order chi connectivity index (χ0) is 42.4. The summed E-state index contributed by atoms with van der Waals surface area (Å²) in [6, 6.07) is 2.78. The highest BCUT2D eigenvalue weighted by atomic mass is 35.5. The molecule has 0 saturated heterocycles. The number of carbonyl (C=O) groups is 4. The van der Waals surface area contributed by atoms with Gasteiger partial charge in [-0.25, -0.2) is 4.79 Å². The van der Waals surface area contributed by atoms with Gasteiger partial charge in [-0.1, -0.05) is 77.6 Å². The SMILES string of the molecule is C=C(C)[C@@H]1CC[C@]2(C(=O)NCCCCCCCC(=O)OC(=O)c3cc(Cl)c(N)cc3OC)CC[C@]3(C)[C@H](CCC4[C@@]5(C)CC[C@H](OC(C)=O)C(C)(C)[C@@H]5CC[C@]43C)[C@@H]12. The van der Waals surface area contributed by atoms with Gasteiger partial charge in [-0.15, -0.1) is 0 Å². The number of hydrogen-bond donors (Lipinski definition) is 2. The Morgan fingerprint density at radius 2 is 1.55 bits per heavy atom. The fraction of sp³-hybridized carbons (Fsp3) is 0.750. The molecule has 5 aliphatic carbocycles. The number of ether oxygens (including phenoxy) is 3. The van der Waals surface area contributed by atoms with Crippen LogP contribution in [0.25, 0.3) is 0 Å². The van der Waals surface area contributed by atoms with Crippen molar-refractivity contribution in [3.05, 3.63) is 34.9 Å². The van der Waals surface area contributed by atoms with E-state index in [0.717, 1.165) is 70.6 Å². The number of esters is 3. The summed E-state index contributed by atoms with van der Waals surface area (Å²) >= 11 is 6.06. The molecule has 1 amide bonds. The summed E-state index contributed by atoms with van der Waals surface area (Å²) in [5.41, 5.74) is 7.46. The summed E-state index contributed by atoms with van der Waals surface area (Å²) in [5.74, 6) is 1.16. The number of rotatable bonds is 13. The van der Waals surface area contributed by atoms with Gasteiger partial charge in [-0.2, -0.15) is 0 Å². The maximum absolute atomic E-state index is 14.5. The maximum Gasteiger partial charge on any atom is 0.349 e. The molecule has 1 aromatic carbocycles. The third-order valence-corrected chi connectivity index (χ3v) is 17.7. The first-order valence-corrected chi connectivity index (χ1v) is 22.6. The average Bonchev–Trinajstić information content (AvgIpc) is 3.56. The molecule has 0 aliphatic heterocycles. The monoisotopic (exact) mass is 822 g/mol. The van der Waals surface area contributed by atoms with E-state index in [1.165, 1.54) is 44.1 Å². The van der Waals surface area contributed by atoms with Crippen LogP contribution < -0.4 is 15.8 Å². The van der Waals surface area contributed by atoms with E-state index >= 15 is 0 Å². The normalized spacial score (nSPS) is 35.9. The molecule has 3 N–H and O–H groups in total. The number of anilines is 1. The van der Waals surface area contributed by atoms with Crippen molar-refractivity contribution in [2.45, 2.75) is 157 Å². The fourth-order valence-electron chi connectivity index (χ4n) is 14.3. The Labute approximate surface area is 352 Å². The van der Waals surface area contributed by atoms with E-state index in [2.05, 4.69) is 53.4 Å². The first-order valence-electron chi connectivity index (χ1n) is 22.3. The van der Waals surface area contributed by atoms with Crippen molar-refractivity contribution in [3.63, 3.8) is 0 Å². The summed E-state index contributed by atoms with van der Waals surface area (Å²) in [6.45, 7) is 21.5. The van der Waals surface area contributed by atoms with Crippen molar-refractivity contribution in [3.8, 4) is 5.75 Å². The van der Waals surface area contributed by atoms with Crippen LogP contribution in [0.15, 0.2) is 24.3 Å². The van der Waals surface area contributed by atoms with Crippen molar-refractivity contribution in [2.24, 2.45) is 56.7 Å². The molecule has 0 spiro atoms. The number of allylic oxidation sites excluding steroid dienone is 1. The van der Waals surface area contributed by atoms with Crippen LogP contribution in [0.1, 0.15) is 162 Å². The first kappa shape index (κ1) is 44.5. The number of nitrogen functional groups attached to an aromatic ring is 1. The molecule has 0 heterocycles. The lowest BCUT2D eigenvalue weighted by Gasteiger charge is -2.72. The predicted molar refractivity (Wildman–Crippen MR) is 228 cm³/mol. The van der Waals surface area contributed by atoms with E-state index in [4.69, 9.17) is 31.5 Å². The number of benzene rings is 1. The van der Waals surface area contributed by atoms with E-state index in [0.29, 0.717) is 42.6 Å². The predicted octanol–water partition coefficient (Wildman–Crippen LogP) is 10.7. The number of fused-ring (bicyclic) bond motifs is 7. The summed E-state index contributed by atoms with van der Waals surface area (Å²) < 4.78 is 16.2. The summed E-state index contributed by atoms with van der Waals surface area (Å²) in [5, 5.41) is 3.62. The van der Waals surface area contributed by atoms with Crippen LogP contribution in [-0.4, -0.2) is 43.6 Å². The van der Waals surface area contributed by atoms with Gasteiger partial charge in [0.2, 0.25) is 5.91 Å². The number of nitrogens with one attached hydrogen (secondary N) is 1. The van der Waals surface area contributed by atoms with Crippen molar-refractivity contribution < 1.29 is 33.4 Å². The molecule has 6 rings (SSSR count). The molecule has 1 unspecified atom stereocenters. The van der Waals surface area contributed by atoms with E-state index in [1.54, 1.807) is 6.92 Å². The van der Waals surface area contributed by atoms with Gasteiger partial charge < -0.3 is 25.3 Å². The first-order chi connectivity index (χ1) is 27.3. The van der Waals surface area contributed by atoms with Crippen LogP contribution >= 0.6 is 11.6 Å². The minimum absolute atomic E-state index is 0.0225. The molecule has 0 bridgehead atoms. The van der Waals surface area contributed by atoms with Crippen LogP contribution in [0.2, 0.25) is 5.02 Å². The minimum atomic E-state index is -0.815. The van der Waals surface area contributed by atoms with E-state index < -0.39 is 11.9 Å². The van der Waals surface area contributed by atoms with Gasteiger partial charge in [-0.3, -0.25) is 14.4 Å². The van der Waals surface area contributed by atoms with Crippen LogP contribution in [-0.2, 0) is 23.9 Å². The van der Waals surface area contributed by atoms with E-state index in [9.17, 15) is 19.2 Å². The Balaban J connectivity index is 1.03. The quantitative estimate of drug-likeness (QED) is 0.0660. The Bertz CT molecular complexity index is 1780. The zero-order valence-electron chi connectivity index (χ0n) is 36.7. The second-order valence-corrected chi connectivity index (χ2v) is 20.8. The molecule has 10 heteroatoms. The highest BCUT2D eigenvalue weighted by Gasteiger charge is 2.72. The number of methoxy groups -OCH3 is 1. The van der Waals surface area contributed by atoms with Crippen molar-refractivity contribution >= 4 is 41.1 Å². The van der Waals surface area contributed by atoms with Crippen LogP contribution in [0.5, 0.6) is 5.75 Å². The second-order valence-electron chi connectivity index (χ2n) is 20.4.